The first-order valence-electron chi connectivity index (χ1n) is 9.12. The summed E-state index contributed by atoms with van der Waals surface area (Å²) in [5.74, 6) is 1.07. The molecule has 2 bridgehead atoms. The normalized spacial score (nSPS) is 40.1. The molecule has 0 aromatic carbocycles. The smallest absolute Gasteiger partial charge is 0.222 e. The zero-order valence-corrected chi connectivity index (χ0v) is 13.9. The molecular weight excluding hydrogens is 260 g/mol. The van der Waals surface area contributed by atoms with Crippen molar-refractivity contribution in [2.45, 2.75) is 83.7 Å². The van der Waals surface area contributed by atoms with E-state index in [4.69, 9.17) is 0 Å². The molecule has 3 rings (SSSR count). The second-order valence-corrected chi connectivity index (χ2v) is 8.08. The lowest BCUT2D eigenvalue weighted by molar-refractivity contribution is -0.132. The quantitative estimate of drug-likeness (QED) is 0.865. The number of nitrogens with one attached hydrogen (secondary N) is 1. The fraction of sp³-hybridized carbons (Fsp3) is 0.944. The SMILES string of the molecule is CCC1(C)CCCN(C(=O)CC2CC3CCC(C2)N3)CC1. The Morgan fingerprint density at radius 2 is 1.90 bits per heavy atom. The maximum atomic E-state index is 12.7. The molecule has 0 aromatic rings. The van der Waals surface area contributed by atoms with Crippen molar-refractivity contribution >= 4 is 5.91 Å². The molecule has 3 aliphatic heterocycles. The molecule has 0 radical (unpaired) electrons. The van der Waals surface area contributed by atoms with Crippen LogP contribution < -0.4 is 5.32 Å². The van der Waals surface area contributed by atoms with Crippen LogP contribution in [0.25, 0.3) is 0 Å². The van der Waals surface area contributed by atoms with Crippen molar-refractivity contribution in [3.8, 4) is 0 Å². The molecule has 1 N–H and O–H groups in total. The van der Waals surface area contributed by atoms with Crippen LogP contribution in [0.15, 0.2) is 0 Å². The van der Waals surface area contributed by atoms with Crippen LogP contribution in [-0.4, -0.2) is 36.0 Å². The van der Waals surface area contributed by atoms with Crippen molar-refractivity contribution in [2.24, 2.45) is 11.3 Å². The first-order chi connectivity index (χ1) is 10.1. The van der Waals surface area contributed by atoms with Gasteiger partial charge in [-0.2, -0.15) is 0 Å². The summed E-state index contributed by atoms with van der Waals surface area (Å²) in [4.78, 5) is 14.8. The summed E-state index contributed by atoms with van der Waals surface area (Å²) in [7, 11) is 0. The number of hydrogen-bond acceptors (Lipinski definition) is 2. The van der Waals surface area contributed by atoms with E-state index in [1.165, 1.54) is 51.4 Å². The van der Waals surface area contributed by atoms with Gasteiger partial charge in [-0.3, -0.25) is 4.79 Å². The van der Waals surface area contributed by atoms with E-state index in [0.717, 1.165) is 19.5 Å². The molecule has 3 heteroatoms. The molecule has 3 fully saturated rings. The summed E-state index contributed by atoms with van der Waals surface area (Å²) in [6, 6.07) is 1.41. The number of carbonyl (C=O) groups is 1. The van der Waals surface area contributed by atoms with Crippen LogP contribution in [0.4, 0.5) is 0 Å². The largest absolute Gasteiger partial charge is 0.343 e. The maximum Gasteiger partial charge on any atom is 0.222 e. The molecule has 3 nitrogen and oxygen atoms in total. The number of likely N-dealkylation sites (tertiary alicyclic amines) is 1. The van der Waals surface area contributed by atoms with E-state index in [0.29, 0.717) is 29.3 Å². The van der Waals surface area contributed by atoms with Gasteiger partial charge in [-0.25, -0.2) is 0 Å². The number of nitrogens with zero attached hydrogens (tertiary/aromatic N) is 1. The number of rotatable bonds is 3. The Kier molecular flexibility index (Phi) is 4.58. The second kappa shape index (κ2) is 6.28. The van der Waals surface area contributed by atoms with E-state index in [2.05, 4.69) is 24.1 Å². The van der Waals surface area contributed by atoms with Crippen LogP contribution in [0.1, 0.15) is 71.6 Å². The zero-order valence-electron chi connectivity index (χ0n) is 13.9. The summed E-state index contributed by atoms with van der Waals surface area (Å²) in [6.07, 6.45) is 10.8. The standard InChI is InChI=1S/C18H32N2O/c1-3-18(2)7-4-9-20(10-8-18)17(21)13-14-11-15-5-6-16(12-14)19-15/h14-16,19H,3-13H2,1-2H3. The van der Waals surface area contributed by atoms with Crippen LogP contribution in [0, 0.1) is 11.3 Å². The van der Waals surface area contributed by atoms with Crippen LogP contribution in [0.5, 0.6) is 0 Å². The van der Waals surface area contributed by atoms with E-state index in [9.17, 15) is 4.79 Å². The van der Waals surface area contributed by atoms with Gasteiger partial charge in [-0.05, 0) is 56.3 Å². The van der Waals surface area contributed by atoms with E-state index in [1.54, 1.807) is 0 Å². The fourth-order valence-electron chi connectivity index (χ4n) is 4.66. The van der Waals surface area contributed by atoms with Crippen LogP contribution in [0.2, 0.25) is 0 Å². The summed E-state index contributed by atoms with van der Waals surface area (Å²) in [5, 5.41) is 3.68. The Morgan fingerprint density at radius 1 is 1.19 bits per heavy atom. The molecule has 120 valence electrons. The summed E-state index contributed by atoms with van der Waals surface area (Å²) in [5.41, 5.74) is 0.461. The number of amides is 1. The van der Waals surface area contributed by atoms with E-state index < -0.39 is 0 Å². The number of piperidine rings is 1. The molecule has 3 heterocycles. The Bertz CT molecular complexity index is 371. The van der Waals surface area contributed by atoms with Crippen molar-refractivity contribution in [3.05, 3.63) is 0 Å². The summed E-state index contributed by atoms with van der Waals surface area (Å²) >= 11 is 0. The van der Waals surface area contributed by atoms with Gasteiger partial charge in [0, 0.05) is 31.6 Å². The Hall–Kier alpha value is -0.570. The lowest BCUT2D eigenvalue weighted by Crippen LogP contribution is -2.40. The highest BCUT2D eigenvalue weighted by molar-refractivity contribution is 5.76. The maximum absolute atomic E-state index is 12.7. The van der Waals surface area contributed by atoms with Crippen LogP contribution in [0.3, 0.4) is 0 Å². The molecule has 0 aromatic heterocycles. The van der Waals surface area contributed by atoms with Crippen LogP contribution >= 0.6 is 0 Å². The molecular formula is C18H32N2O. The Balaban J connectivity index is 1.51. The summed E-state index contributed by atoms with van der Waals surface area (Å²) < 4.78 is 0. The van der Waals surface area contributed by atoms with Gasteiger partial charge in [-0.1, -0.05) is 20.3 Å². The minimum Gasteiger partial charge on any atom is -0.343 e. The highest BCUT2D eigenvalue weighted by Crippen LogP contribution is 2.35. The molecule has 21 heavy (non-hydrogen) atoms. The first-order valence-corrected chi connectivity index (χ1v) is 9.12. The first kappa shape index (κ1) is 15.3. The van der Waals surface area contributed by atoms with E-state index >= 15 is 0 Å². The Labute approximate surface area is 129 Å². The Morgan fingerprint density at radius 3 is 2.57 bits per heavy atom. The van der Waals surface area contributed by atoms with Crippen molar-refractivity contribution < 1.29 is 4.79 Å². The van der Waals surface area contributed by atoms with Gasteiger partial charge in [0.1, 0.15) is 0 Å². The van der Waals surface area contributed by atoms with Gasteiger partial charge in [-0.15, -0.1) is 0 Å². The monoisotopic (exact) mass is 292 g/mol. The molecule has 3 saturated heterocycles. The zero-order chi connectivity index (χ0) is 14.9. The minimum absolute atomic E-state index is 0.432. The molecule has 3 aliphatic rings. The lowest BCUT2D eigenvalue weighted by atomic mass is 9.80. The third-order valence-corrected chi connectivity index (χ3v) is 6.43. The van der Waals surface area contributed by atoms with Crippen molar-refractivity contribution in [2.75, 3.05) is 13.1 Å². The van der Waals surface area contributed by atoms with Gasteiger partial charge in [0.2, 0.25) is 5.91 Å². The van der Waals surface area contributed by atoms with Gasteiger partial charge < -0.3 is 10.2 Å². The molecule has 1 amide bonds. The van der Waals surface area contributed by atoms with E-state index in [-0.39, 0.29) is 0 Å². The average Bonchev–Trinajstić information content (AvgIpc) is 2.69. The molecule has 3 atom stereocenters. The van der Waals surface area contributed by atoms with Gasteiger partial charge >= 0.3 is 0 Å². The van der Waals surface area contributed by atoms with Gasteiger partial charge in [0.15, 0.2) is 0 Å². The third-order valence-electron chi connectivity index (χ3n) is 6.43. The number of carbonyl (C=O) groups excluding carboxylic acids is 1. The molecule has 0 aliphatic carbocycles. The van der Waals surface area contributed by atoms with Crippen LogP contribution in [-0.2, 0) is 4.79 Å². The number of fused-ring (bicyclic) bond motifs is 2. The predicted molar refractivity (Wildman–Crippen MR) is 86.1 cm³/mol. The molecule has 0 spiro atoms. The second-order valence-electron chi connectivity index (χ2n) is 8.08. The van der Waals surface area contributed by atoms with Gasteiger partial charge in [0.05, 0.1) is 0 Å². The van der Waals surface area contributed by atoms with Gasteiger partial charge in [0.25, 0.3) is 0 Å². The topological polar surface area (TPSA) is 32.3 Å². The third kappa shape index (κ3) is 3.61. The molecule has 3 unspecified atom stereocenters. The van der Waals surface area contributed by atoms with Crippen molar-refractivity contribution in [3.63, 3.8) is 0 Å². The average molecular weight is 292 g/mol. The highest BCUT2D eigenvalue weighted by atomic mass is 16.2. The molecule has 0 saturated carbocycles. The number of hydrogen-bond donors (Lipinski definition) is 1. The highest BCUT2D eigenvalue weighted by Gasteiger charge is 2.35. The lowest BCUT2D eigenvalue weighted by Gasteiger charge is -2.31. The summed E-state index contributed by atoms with van der Waals surface area (Å²) in [6.45, 7) is 6.67. The fourth-order valence-corrected chi connectivity index (χ4v) is 4.66. The van der Waals surface area contributed by atoms with Crippen molar-refractivity contribution in [1.82, 2.24) is 10.2 Å². The predicted octanol–water partition coefficient (Wildman–Crippen LogP) is 3.34. The van der Waals surface area contributed by atoms with E-state index in [1.807, 2.05) is 0 Å². The minimum atomic E-state index is 0.432. The van der Waals surface area contributed by atoms with Crippen molar-refractivity contribution in [1.29, 1.82) is 0 Å².